The van der Waals surface area contributed by atoms with Gasteiger partial charge in [0.2, 0.25) is 0 Å². The molecule has 1 atom stereocenters. The molecule has 1 aromatic heterocycles. The maximum Gasteiger partial charge on any atom is 0.163 e. The van der Waals surface area contributed by atoms with Crippen molar-refractivity contribution >= 4 is 28.7 Å². The monoisotopic (exact) mass is 565 g/mol. The molecule has 40 heavy (non-hydrogen) atoms. The molecule has 4 rings (SSSR count). The third kappa shape index (κ3) is 6.49. The van der Waals surface area contributed by atoms with Gasteiger partial charge in [-0.15, -0.1) is 0 Å². The van der Waals surface area contributed by atoms with Crippen molar-refractivity contribution < 1.29 is 14.6 Å². The third-order valence-corrected chi connectivity index (χ3v) is 8.05. The van der Waals surface area contributed by atoms with Crippen LogP contribution in [0.2, 0.25) is 5.02 Å². The summed E-state index contributed by atoms with van der Waals surface area (Å²) in [6.45, 7) is 12.3. The molecule has 0 unspecified atom stereocenters. The summed E-state index contributed by atoms with van der Waals surface area (Å²) in [6.07, 6.45) is 3.66. The van der Waals surface area contributed by atoms with Crippen LogP contribution >= 0.6 is 11.6 Å². The lowest BCUT2D eigenvalue weighted by atomic mass is 9.61. The molecule has 2 heterocycles. The number of ether oxygens (including phenoxy) is 2. The van der Waals surface area contributed by atoms with Crippen LogP contribution in [0.4, 0.5) is 5.82 Å². The number of hydrogen-bond donors (Lipinski definition) is 2. The number of nitrogens with one attached hydrogen (secondary N) is 1. The molecule has 2 fully saturated rings. The topological polar surface area (TPSA) is 115 Å². The van der Waals surface area contributed by atoms with Crippen LogP contribution in [0, 0.1) is 29.1 Å². The van der Waals surface area contributed by atoms with E-state index in [2.05, 4.69) is 11.0 Å². The molecule has 0 radical (unpaired) electrons. The standard InChI is InChI=1S/C31H40ClN5O3/c1-6-8-22(38)16-40-23-9-10-26(32)25(13-23)29-35-28(27(19(2)3)21(5)34)20(4)30(36-29)37-17-31(18-37)14-24(15-31)39-12-7-11-33/h9-10,13,22,24,34,38H,6-8,12,14-18H2,1-5H3/t22-/m1/s1. The van der Waals surface area contributed by atoms with Crippen molar-refractivity contribution in [1.29, 1.82) is 10.7 Å². The van der Waals surface area contributed by atoms with E-state index in [4.69, 9.17) is 41.7 Å². The van der Waals surface area contributed by atoms with Crippen molar-refractivity contribution in [2.75, 3.05) is 31.2 Å². The second-order valence-corrected chi connectivity index (χ2v) is 11.8. The van der Waals surface area contributed by atoms with Crippen LogP contribution < -0.4 is 9.64 Å². The van der Waals surface area contributed by atoms with Gasteiger partial charge in [-0.05, 0) is 65.2 Å². The lowest BCUT2D eigenvalue weighted by Crippen LogP contribution is -2.64. The van der Waals surface area contributed by atoms with Gasteiger partial charge in [0.1, 0.15) is 18.2 Å². The minimum absolute atomic E-state index is 0.201. The first-order chi connectivity index (χ1) is 19.1. The van der Waals surface area contributed by atoms with Crippen LogP contribution in [-0.4, -0.2) is 59.3 Å². The van der Waals surface area contributed by atoms with E-state index < -0.39 is 6.10 Å². The quantitative estimate of drug-likeness (QED) is 0.227. The molecule has 214 valence electrons. The zero-order chi connectivity index (χ0) is 29.0. The highest BCUT2D eigenvalue weighted by Gasteiger charge is 2.53. The van der Waals surface area contributed by atoms with Gasteiger partial charge in [-0.3, -0.25) is 0 Å². The van der Waals surface area contributed by atoms with E-state index in [0.717, 1.165) is 60.6 Å². The van der Waals surface area contributed by atoms with Crippen LogP contribution in [0.5, 0.6) is 5.75 Å². The third-order valence-electron chi connectivity index (χ3n) is 7.72. The van der Waals surface area contributed by atoms with Crippen LogP contribution in [0.15, 0.2) is 23.8 Å². The number of halogens is 1. The Morgan fingerprint density at radius 3 is 2.62 bits per heavy atom. The predicted molar refractivity (Wildman–Crippen MR) is 159 cm³/mol. The number of aliphatic hydroxyl groups is 1. The van der Waals surface area contributed by atoms with Gasteiger partial charge in [-0.2, -0.15) is 5.26 Å². The van der Waals surface area contributed by atoms with Crippen LogP contribution in [0.1, 0.15) is 71.1 Å². The van der Waals surface area contributed by atoms with E-state index >= 15 is 0 Å². The van der Waals surface area contributed by atoms with E-state index in [-0.39, 0.29) is 18.1 Å². The first kappa shape index (κ1) is 30.0. The number of aliphatic hydroxyl groups excluding tert-OH is 1. The predicted octanol–water partition coefficient (Wildman–Crippen LogP) is 6.38. The molecule has 2 aliphatic rings. The Balaban J connectivity index is 1.65. The Morgan fingerprint density at radius 1 is 1.27 bits per heavy atom. The number of nitrogens with zero attached hydrogens (tertiary/aromatic N) is 4. The minimum atomic E-state index is -0.532. The van der Waals surface area contributed by atoms with E-state index in [1.807, 2.05) is 33.8 Å². The molecular weight excluding hydrogens is 526 g/mol. The van der Waals surface area contributed by atoms with E-state index in [1.54, 1.807) is 19.1 Å². The molecule has 9 heteroatoms. The number of hydrogen-bond acceptors (Lipinski definition) is 8. The molecule has 1 aliphatic carbocycles. The van der Waals surface area contributed by atoms with Gasteiger partial charge >= 0.3 is 0 Å². The fourth-order valence-electron chi connectivity index (χ4n) is 5.81. The van der Waals surface area contributed by atoms with E-state index in [9.17, 15) is 5.11 Å². The fraction of sp³-hybridized carbons (Fsp3) is 0.548. The van der Waals surface area contributed by atoms with Gasteiger partial charge in [0.15, 0.2) is 5.82 Å². The molecule has 1 aliphatic heterocycles. The maximum atomic E-state index is 10.1. The Hall–Kier alpha value is -2.99. The lowest BCUT2D eigenvalue weighted by Gasteiger charge is -2.59. The largest absolute Gasteiger partial charge is 0.491 e. The minimum Gasteiger partial charge on any atom is -0.491 e. The molecule has 1 aromatic carbocycles. The summed E-state index contributed by atoms with van der Waals surface area (Å²) in [6, 6.07) is 7.51. The van der Waals surface area contributed by atoms with E-state index in [0.29, 0.717) is 47.3 Å². The molecule has 2 N–H and O–H groups in total. The molecule has 1 saturated carbocycles. The second kappa shape index (κ2) is 12.7. The lowest BCUT2D eigenvalue weighted by molar-refractivity contribution is -0.0914. The Bertz CT molecular complexity index is 1320. The van der Waals surface area contributed by atoms with Gasteiger partial charge in [-0.25, -0.2) is 9.97 Å². The van der Waals surface area contributed by atoms with Gasteiger partial charge in [-0.1, -0.05) is 30.5 Å². The Kier molecular flexibility index (Phi) is 9.50. The number of benzene rings is 1. The highest BCUT2D eigenvalue weighted by Crippen LogP contribution is 2.51. The second-order valence-electron chi connectivity index (χ2n) is 11.4. The van der Waals surface area contributed by atoms with Crippen molar-refractivity contribution in [3.8, 4) is 23.2 Å². The summed E-state index contributed by atoms with van der Waals surface area (Å²) >= 11 is 6.68. The van der Waals surface area contributed by atoms with Crippen molar-refractivity contribution in [1.82, 2.24) is 9.97 Å². The molecular formula is C31H40ClN5O3. The van der Waals surface area contributed by atoms with Gasteiger partial charge in [0, 0.05) is 40.9 Å². The highest BCUT2D eigenvalue weighted by atomic mass is 35.5. The molecule has 2 aromatic rings. The molecule has 8 nitrogen and oxygen atoms in total. The highest BCUT2D eigenvalue weighted by molar-refractivity contribution is 6.33. The van der Waals surface area contributed by atoms with Gasteiger partial charge < -0.3 is 24.9 Å². The molecule has 0 bridgehead atoms. The summed E-state index contributed by atoms with van der Waals surface area (Å²) in [5.74, 6) is 1.92. The van der Waals surface area contributed by atoms with Crippen molar-refractivity contribution in [3.05, 3.63) is 40.1 Å². The summed E-state index contributed by atoms with van der Waals surface area (Å²) in [7, 11) is 0. The summed E-state index contributed by atoms with van der Waals surface area (Å²) in [5.41, 5.74) is 4.80. The number of aromatic nitrogens is 2. The van der Waals surface area contributed by atoms with Crippen LogP contribution in [-0.2, 0) is 4.74 Å². The Labute approximate surface area is 242 Å². The maximum absolute atomic E-state index is 10.1. The number of allylic oxidation sites excluding steroid dienone is 2. The van der Waals surface area contributed by atoms with Crippen LogP contribution in [0.3, 0.4) is 0 Å². The van der Waals surface area contributed by atoms with Gasteiger partial charge in [0.25, 0.3) is 0 Å². The van der Waals surface area contributed by atoms with Crippen molar-refractivity contribution in [2.24, 2.45) is 5.41 Å². The summed E-state index contributed by atoms with van der Waals surface area (Å²) in [4.78, 5) is 12.3. The first-order valence-electron chi connectivity index (χ1n) is 14.0. The smallest absolute Gasteiger partial charge is 0.163 e. The van der Waals surface area contributed by atoms with E-state index in [1.165, 1.54) is 0 Å². The molecule has 1 spiro atoms. The number of rotatable bonds is 12. The zero-order valence-electron chi connectivity index (χ0n) is 24.2. The summed E-state index contributed by atoms with van der Waals surface area (Å²) in [5, 5.41) is 27.9. The van der Waals surface area contributed by atoms with Crippen molar-refractivity contribution in [3.63, 3.8) is 0 Å². The molecule has 1 saturated heterocycles. The average Bonchev–Trinajstić information content (AvgIpc) is 2.85. The van der Waals surface area contributed by atoms with Gasteiger partial charge in [0.05, 0.1) is 42.0 Å². The van der Waals surface area contributed by atoms with Crippen molar-refractivity contribution in [2.45, 2.75) is 78.9 Å². The Morgan fingerprint density at radius 2 is 2.00 bits per heavy atom. The zero-order valence-corrected chi connectivity index (χ0v) is 24.9. The SMILES string of the molecule is CCC[C@@H](O)COc1ccc(Cl)c(-c2nc(C(C(C)=N)=C(C)C)c(C)c(N3CC4(CC(OCCC#N)C4)C3)n2)c1. The summed E-state index contributed by atoms with van der Waals surface area (Å²) < 4.78 is 11.7. The fourth-order valence-corrected chi connectivity index (χ4v) is 6.01. The normalized spacial score (nSPS) is 16.6. The number of nitriles is 1. The molecule has 0 amide bonds. The first-order valence-corrected chi connectivity index (χ1v) is 14.4. The van der Waals surface area contributed by atoms with Crippen LogP contribution in [0.25, 0.3) is 17.0 Å². The number of anilines is 1. The average molecular weight is 566 g/mol.